The lowest BCUT2D eigenvalue weighted by Crippen LogP contribution is -2.16. The number of sulfonamides is 1. The number of hydrogen-bond acceptors (Lipinski definition) is 4. The minimum atomic E-state index is -3.63. The maximum absolute atomic E-state index is 12.2. The third kappa shape index (κ3) is 3.12. The molecule has 0 aliphatic heterocycles. The van der Waals surface area contributed by atoms with Gasteiger partial charge in [0.1, 0.15) is 5.82 Å². The fourth-order valence-electron chi connectivity index (χ4n) is 1.70. The molecule has 0 spiro atoms. The van der Waals surface area contributed by atoms with E-state index < -0.39 is 10.0 Å². The lowest BCUT2D eigenvalue weighted by atomic mass is 10.2. The maximum Gasteiger partial charge on any atom is 0.278 e. The van der Waals surface area contributed by atoms with Gasteiger partial charge in [0, 0.05) is 6.54 Å². The molecule has 0 amide bonds. The van der Waals surface area contributed by atoms with Crippen molar-refractivity contribution in [2.45, 2.75) is 18.5 Å². The minimum Gasteiger partial charge on any atom is -0.332 e. The third-order valence-corrected chi connectivity index (χ3v) is 3.87. The highest BCUT2D eigenvalue weighted by atomic mass is 32.2. The monoisotopic (exact) mass is 280 g/mol. The molecule has 0 saturated heterocycles. The second kappa shape index (κ2) is 5.41. The number of anilines is 1. The molecule has 7 heteroatoms. The summed E-state index contributed by atoms with van der Waals surface area (Å²) in [6, 6.07) is 7.25. The molecular weight excluding hydrogens is 264 g/mol. The smallest absolute Gasteiger partial charge is 0.278 e. The summed E-state index contributed by atoms with van der Waals surface area (Å²) < 4.78 is 26.9. The predicted molar refractivity (Wildman–Crippen MR) is 73.3 cm³/mol. The van der Waals surface area contributed by atoms with Gasteiger partial charge in [0.05, 0.1) is 11.9 Å². The van der Waals surface area contributed by atoms with Crippen LogP contribution in [0, 0.1) is 6.92 Å². The summed E-state index contributed by atoms with van der Waals surface area (Å²) in [5.41, 5.74) is 1.44. The number of para-hydroxylation sites is 1. The van der Waals surface area contributed by atoms with Gasteiger partial charge in [0.15, 0.2) is 5.03 Å². The van der Waals surface area contributed by atoms with Crippen LogP contribution in [0.4, 0.5) is 5.69 Å². The van der Waals surface area contributed by atoms with Gasteiger partial charge in [-0.3, -0.25) is 4.72 Å². The number of aromatic amines is 1. The Bertz CT molecular complexity index is 664. The van der Waals surface area contributed by atoms with E-state index >= 15 is 0 Å². The van der Waals surface area contributed by atoms with E-state index in [0.29, 0.717) is 18.1 Å². The molecule has 1 aromatic heterocycles. The predicted octanol–water partition coefficient (Wildman–Crippen LogP) is 1.24. The highest BCUT2D eigenvalue weighted by molar-refractivity contribution is 7.92. The molecule has 1 aromatic carbocycles. The van der Waals surface area contributed by atoms with Crippen molar-refractivity contribution in [2.75, 3.05) is 11.8 Å². The van der Waals surface area contributed by atoms with Crippen LogP contribution in [0.25, 0.3) is 0 Å². The lowest BCUT2D eigenvalue weighted by molar-refractivity contribution is 0.598. The first-order valence-corrected chi connectivity index (χ1v) is 7.28. The van der Waals surface area contributed by atoms with E-state index in [0.717, 1.165) is 5.56 Å². The Morgan fingerprint density at radius 3 is 2.68 bits per heavy atom. The van der Waals surface area contributed by atoms with Crippen LogP contribution in [0.15, 0.2) is 35.5 Å². The van der Waals surface area contributed by atoms with Crippen molar-refractivity contribution in [3.05, 3.63) is 41.9 Å². The minimum absolute atomic E-state index is 0.0595. The van der Waals surface area contributed by atoms with E-state index in [4.69, 9.17) is 0 Å². The van der Waals surface area contributed by atoms with Gasteiger partial charge in [-0.25, -0.2) is 4.98 Å². The molecule has 2 rings (SSSR count). The number of rotatable bonds is 5. The number of hydrogen-bond donors (Lipinski definition) is 3. The number of aromatic nitrogens is 2. The van der Waals surface area contributed by atoms with Gasteiger partial charge in [0.25, 0.3) is 10.0 Å². The van der Waals surface area contributed by atoms with E-state index in [2.05, 4.69) is 20.0 Å². The van der Waals surface area contributed by atoms with Crippen molar-refractivity contribution in [2.24, 2.45) is 0 Å². The van der Waals surface area contributed by atoms with Crippen LogP contribution in [0.3, 0.4) is 0 Å². The molecule has 2 aromatic rings. The summed E-state index contributed by atoms with van der Waals surface area (Å²) in [5.74, 6) is 0.559. The quantitative estimate of drug-likeness (QED) is 0.769. The molecule has 0 saturated carbocycles. The average molecular weight is 280 g/mol. The van der Waals surface area contributed by atoms with Crippen LogP contribution < -0.4 is 10.0 Å². The molecule has 19 heavy (non-hydrogen) atoms. The molecule has 6 nitrogen and oxygen atoms in total. The van der Waals surface area contributed by atoms with Crippen LogP contribution >= 0.6 is 0 Å². The standard InChI is InChI=1S/C12H16N4O2S/c1-9-14-8-12(15-9)19(17,18)16-11-6-4-3-5-10(11)7-13-2/h3-6,8,13,16H,7H2,1-2H3,(H,14,15). The average Bonchev–Trinajstić information content (AvgIpc) is 2.79. The van der Waals surface area contributed by atoms with Crippen LogP contribution in [0.1, 0.15) is 11.4 Å². The van der Waals surface area contributed by atoms with E-state index in [1.54, 1.807) is 19.1 Å². The van der Waals surface area contributed by atoms with Crippen molar-refractivity contribution in [3.63, 3.8) is 0 Å². The second-order valence-electron chi connectivity index (χ2n) is 4.13. The molecule has 0 unspecified atom stereocenters. The van der Waals surface area contributed by atoms with Crippen LogP contribution in [0.5, 0.6) is 0 Å². The summed E-state index contributed by atoms with van der Waals surface area (Å²) in [6.45, 7) is 2.29. The van der Waals surface area contributed by atoms with Gasteiger partial charge in [-0.2, -0.15) is 8.42 Å². The molecule has 0 bridgehead atoms. The van der Waals surface area contributed by atoms with Crippen molar-refractivity contribution in [1.82, 2.24) is 15.3 Å². The Morgan fingerprint density at radius 1 is 1.32 bits per heavy atom. The first kappa shape index (κ1) is 13.6. The molecule has 0 aliphatic carbocycles. The zero-order valence-corrected chi connectivity index (χ0v) is 11.6. The van der Waals surface area contributed by atoms with E-state index in [-0.39, 0.29) is 5.03 Å². The fraction of sp³-hybridized carbons (Fsp3) is 0.250. The molecule has 0 aliphatic rings. The van der Waals surface area contributed by atoms with Gasteiger partial charge in [-0.05, 0) is 25.6 Å². The lowest BCUT2D eigenvalue weighted by Gasteiger charge is -2.11. The Labute approximate surface area is 112 Å². The van der Waals surface area contributed by atoms with Crippen molar-refractivity contribution < 1.29 is 8.42 Å². The normalized spacial score (nSPS) is 11.5. The first-order valence-electron chi connectivity index (χ1n) is 5.80. The van der Waals surface area contributed by atoms with Crippen molar-refractivity contribution >= 4 is 15.7 Å². The van der Waals surface area contributed by atoms with Gasteiger partial charge in [0.2, 0.25) is 0 Å². The van der Waals surface area contributed by atoms with E-state index in [1.165, 1.54) is 6.20 Å². The highest BCUT2D eigenvalue weighted by Gasteiger charge is 2.17. The Kier molecular flexibility index (Phi) is 3.87. The largest absolute Gasteiger partial charge is 0.332 e. The number of nitrogens with one attached hydrogen (secondary N) is 3. The van der Waals surface area contributed by atoms with Gasteiger partial charge in [-0.15, -0.1) is 0 Å². The third-order valence-electron chi connectivity index (χ3n) is 2.60. The summed E-state index contributed by atoms with van der Waals surface area (Å²) in [7, 11) is -1.82. The molecule has 102 valence electrons. The van der Waals surface area contributed by atoms with E-state index in [1.807, 2.05) is 19.2 Å². The number of aryl methyl sites for hydroxylation is 1. The molecule has 1 heterocycles. The fourth-order valence-corrected chi connectivity index (χ4v) is 2.77. The SMILES string of the molecule is CNCc1ccccc1NS(=O)(=O)c1cnc(C)[nH]1. The van der Waals surface area contributed by atoms with Gasteiger partial charge in [-0.1, -0.05) is 18.2 Å². The Balaban J connectivity index is 2.30. The maximum atomic E-state index is 12.2. The zero-order valence-electron chi connectivity index (χ0n) is 10.8. The first-order chi connectivity index (χ1) is 9.03. The number of H-pyrrole nitrogens is 1. The molecule has 3 N–H and O–H groups in total. The van der Waals surface area contributed by atoms with Gasteiger partial charge >= 0.3 is 0 Å². The number of nitrogens with zero attached hydrogens (tertiary/aromatic N) is 1. The molecule has 0 fully saturated rings. The van der Waals surface area contributed by atoms with Crippen LogP contribution in [0.2, 0.25) is 0 Å². The summed E-state index contributed by atoms with van der Waals surface area (Å²) in [6.07, 6.45) is 1.30. The number of benzene rings is 1. The van der Waals surface area contributed by atoms with E-state index in [9.17, 15) is 8.42 Å². The highest BCUT2D eigenvalue weighted by Crippen LogP contribution is 2.19. The molecular formula is C12H16N4O2S. The second-order valence-corrected chi connectivity index (χ2v) is 5.78. The summed E-state index contributed by atoms with van der Waals surface area (Å²) >= 11 is 0. The van der Waals surface area contributed by atoms with Crippen molar-refractivity contribution in [1.29, 1.82) is 0 Å². The topological polar surface area (TPSA) is 86.9 Å². The van der Waals surface area contributed by atoms with Gasteiger partial charge < -0.3 is 10.3 Å². The van der Waals surface area contributed by atoms with Crippen LogP contribution in [-0.4, -0.2) is 25.4 Å². The molecule has 0 radical (unpaired) electrons. The Morgan fingerprint density at radius 2 is 2.05 bits per heavy atom. The summed E-state index contributed by atoms with van der Waals surface area (Å²) in [5, 5.41) is 3.06. The van der Waals surface area contributed by atoms with Crippen LogP contribution in [-0.2, 0) is 16.6 Å². The van der Waals surface area contributed by atoms with Crippen molar-refractivity contribution in [3.8, 4) is 0 Å². The molecule has 0 atom stereocenters. The summed E-state index contributed by atoms with van der Waals surface area (Å²) in [4.78, 5) is 6.61. The Hall–Kier alpha value is -1.86. The zero-order chi connectivity index (χ0) is 13.9. The number of imidazole rings is 1.